The zero-order chi connectivity index (χ0) is 13.8. The zero-order valence-corrected chi connectivity index (χ0v) is 12.3. The average molecular weight is 255 g/mol. The van der Waals surface area contributed by atoms with Crippen LogP contribution in [0, 0.1) is 11.8 Å². The lowest BCUT2D eigenvalue weighted by Crippen LogP contribution is -2.56. The maximum absolute atomic E-state index is 11.8. The van der Waals surface area contributed by atoms with Crippen molar-refractivity contribution in [2.24, 2.45) is 11.8 Å². The van der Waals surface area contributed by atoms with Gasteiger partial charge in [-0.05, 0) is 37.5 Å². The molecule has 1 aliphatic carbocycles. The van der Waals surface area contributed by atoms with Crippen LogP contribution in [-0.2, 0) is 4.79 Å². The standard InChI is InChI=1S/C15H29NO2/c1-11(2)9-15(14(17)18,10-12(3)4)16-13-7-5-6-8-13/h11-13,16H,5-10H2,1-4H3,(H,17,18). The molecule has 0 aromatic heterocycles. The summed E-state index contributed by atoms with van der Waals surface area (Å²) in [5, 5.41) is 13.2. The predicted molar refractivity (Wildman–Crippen MR) is 74.7 cm³/mol. The Morgan fingerprint density at radius 3 is 1.94 bits per heavy atom. The Labute approximate surface area is 111 Å². The third-order valence-corrected chi connectivity index (χ3v) is 3.76. The van der Waals surface area contributed by atoms with Crippen LogP contribution in [0.1, 0.15) is 66.2 Å². The van der Waals surface area contributed by atoms with E-state index in [9.17, 15) is 9.90 Å². The molecule has 0 bridgehead atoms. The smallest absolute Gasteiger partial charge is 0.323 e. The molecule has 0 atom stereocenters. The van der Waals surface area contributed by atoms with E-state index in [1.165, 1.54) is 12.8 Å². The van der Waals surface area contributed by atoms with Crippen LogP contribution in [0.2, 0.25) is 0 Å². The fraction of sp³-hybridized carbons (Fsp3) is 0.933. The minimum absolute atomic E-state index is 0.397. The Morgan fingerprint density at radius 2 is 1.61 bits per heavy atom. The van der Waals surface area contributed by atoms with Gasteiger partial charge in [0.15, 0.2) is 0 Å². The minimum Gasteiger partial charge on any atom is -0.480 e. The second-order valence-corrected chi connectivity index (χ2v) is 6.71. The number of carboxylic acid groups (broad SMARTS) is 1. The monoisotopic (exact) mass is 255 g/mol. The van der Waals surface area contributed by atoms with Crippen molar-refractivity contribution in [2.75, 3.05) is 0 Å². The number of carbonyl (C=O) groups is 1. The molecule has 18 heavy (non-hydrogen) atoms. The first-order chi connectivity index (χ1) is 8.35. The zero-order valence-electron chi connectivity index (χ0n) is 12.3. The van der Waals surface area contributed by atoms with Gasteiger partial charge in [-0.25, -0.2) is 0 Å². The van der Waals surface area contributed by atoms with Crippen LogP contribution in [-0.4, -0.2) is 22.7 Å². The molecular formula is C15H29NO2. The maximum Gasteiger partial charge on any atom is 0.323 e. The van der Waals surface area contributed by atoms with Gasteiger partial charge in [-0.3, -0.25) is 10.1 Å². The van der Waals surface area contributed by atoms with Gasteiger partial charge in [0.2, 0.25) is 0 Å². The van der Waals surface area contributed by atoms with Gasteiger partial charge < -0.3 is 5.11 Å². The molecular weight excluding hydrogens is 226 g/mol. The molecule has 1 fully saturated rings. The van der Waals surface area contributed by atoms with Crippen molar-refractivity contribution in [2.45, 2.75) is 77.8 Å². The van der Waals surface area contributed by atoms with Crippen LogP contribution in [0.5, 0.6) is 0 Å². The second-order valence-electron chi connectivity index (χ2n) is 6.71. The van der Waals surface area contributed by atoms with Crippen LogP contribution < -0.4 is 5.32 Å². The molecule has 3 heteroatoms. The molecule has 0 aromatic carbocycles. The van der Waals surface area contributed by atoms with Crippen molar-refractivity contribution in [1.82, 2.24) is 5.32 Å². The summed E-state index contributed by atoms with van der Waals surface area (Å²) in [6.45, 7) is 8.42. The van der Waals surface area contributed by atoms with E-state index < -0.39 is 11.5 Å². The number of nitrogens with one attached hydrogen (secondary N) is 1. The third-order valence-electron chi connectivity index (χ3n) is 3.76. The fourth-order valence-corrected chi connectivity index (χ4v) is 3.29. The largest absolute Gasteiger partial charge is 0.480 e. The van der Waals surface area contributed by atoms with E-state index in [2.05, 4.69) is 33.0 Å². The molecule has 3 nitrogen and oxygen atoms in total. The summed E-state index contributed by atoms with van der Waals surface area (Å²) < 4.78 is 0. The quantitative estimate of drug-likeness (QED) is 0.732. The van der Waals surface area contributed by atoms with E-state index in [1.54, 1.807) is 0 Å². The summed E-state index contributed by atoms with van der Waals surface area (Å²) in [4.78, 5) is 11.8. The number of hydrogen-bond donors (Lipinski definition) is 2. The Hall–Kier alpha value is -0.570. The minimum atomic E-state index is -0.725. The fourth-order valence-electron chi connectivity index (χ4n) is 3.29. The number of aliphatic carboxylic acids is 1. The highest BCUT2D eigenvalue weighted by Gasteiger charge is 2.41. The van der Waals surface area contributed by atoms with E-state index in [0.29, 0.717) is 17.9 Å². The molecule has 1 rings (SSSR count). The lowest BCUT2D eigenvalue weighted by Gasteiger charge is -2.36. The van der Waals surface area contributed by atoms with Gasteiger partial charge in [0.25, 0.3) is 0 Å². The second kappa shape index (κ2) is 6.55. The van der Waals surface area contributed by atoms with Crippen molar-refractivity contribution in [3.05, 3.63) is 0 Å². The number of carboxylic acids is 1. The molecule has 0 heterocycles. The highest BCUT2D eigenvalue weighted by Crippen LogP contribution is 2.29. The van der Waals surface area contributed by atoms with Crippen molar-refractivity contribution < 1.29 is 9.90 Å². The first kappa shape index (κ1) is 15.5. The molecule has 106 valence electrons. The van der Waals surface area contributed by atoms with Crippen LogP contribution in [0.4, 0.5) is 0 Å². The van der Waals surface area contributed by atoms with Crippen LogP contribution in [0.25, 0.3) is 0 Å². The highest BCUT2D eigenvalue weighted by atomic mass is 16.4. The normalized spacial score (nSPS) is 17.9. The van der Waals surface area contributed by atoms with E-state index in [-0.39, 0.29) is 0 Å². The van der Waals surface area contributed by atoms with Crippen LogP contribution in [0.3, 0.4) is 0 Å². The van der Waals surface area contributed by atoms with E-state index in [4.69, 9.17) is 0 Å². The first-order valence-corrected chi connectivity index (χ1v) is 7.37. The van der Waals surface area contributed by atoms with Gasteiger partial charge in [0, 0.05) is 6.04 Å². The van der Waals surface area contributed by atoms with Gasteiger partial charge in [-0.15, -0.1) is 0 Å². The molecule has 0 aromatic rings. The molecule has 0 aliphatic heterocycles. The van der Waals surface area contributed by atoms with Gasteiger partial charge in [-0.2, -0.15) is 0 Å². The summed E-state index contributed by atoms with van der Waals surface area (Å²) in [5.41, 5.74) is -0.725. The third kappa shape index (κ3) is 4.27. The lowest BCUT2D eigenvalue weighted by atomic mass is 9.81. The lowest BCUT2D eigenvalue weighted by molar-refractivity contribution is -0.147. The Morgan fingerprint density at radius 1 is 1.17 bits per heavy atom. The Balaban J connectivity index is 2.83. The van der Waals surface area contributed by atoms with Crippen molar-refractivity contribution in [3.63, 3.8) is 0 Å². The van der Waals surface area contributed by atoms with Crippen molar-refractivity contribution >= 4 is 5.97 Å². The van der Waals surface area contributed by atoms with Gasteiger partial charge >= 0.3 is 5.97 Å². The summed E-state index contributed by atoms with van der Waals surface area (Å²) in [6.07, 6.45) is 6.16. The average Bonchev–Trinajstić information content (AvgIpc) is 2.67. The summed E-state index contributed by atoms with van der Waals surface area (Å²) >= 11 is 0. The highest BCUT2D eigenvalue weighted by molar-refractivity contribution is 5.79. The van der Waals surface area contributed by atoms with Crippen LogP contribution >= 0.6 is 0 Å². The number of hydrogen-bond acceptors (Lipinski definition) is 2. The summed E-state index contributed by atoms with van der Waals surface area (Å²) in [5.74, 6) is 0.124. The molecule has 1 saturated carbocycles. The topological polar surface area (TPSA) is 49.3 Å². The van der Waals surface area contributed by atoms with Gasteiger partial charge in [0.05, 0.1) is 0 Å². The number of rotatable bonds is 7. The first-order valence-electron chi connectivity index (χ1n) is 7.37. The van der Waals surface area contributed by atoms with E-state index in [1.807, 2.05) is 0 Å². The molecule has 0 unspecified atom stereocenters. The summed E-state index contributed by atoms with van der Waals surface area (Å²) in [7, 11) is 0. The molecule has 1 aliphatic rings. The van der Waals surface area contributed by atoms with Crippen molar-refractivity contribution in [1.29, 1.82) is 0 Å². The van der Waals surface area contributed by atoms with E-state index in [0.717, 1.165) is 25.7 Å². The van der Waals surface area contributed by atoms with Crippen LogP contribution in [0.15, 0.2) is 0 Å². The Kier molecular flexibility index (Phi) is 5.64. The van der Waals surface area contributed by atoms with Crippen molar-refractivity contribution in [3.8, 4) is 0 Å². The molecule has 2 N–H and O–H groups in total. The molecule has 0 saturated heterocycles. The van der Waals surface area contributed by atoms with Gasteiger partial charge in [0.1, 0.15) is 5.54 Å². The molecule has 0 amide bonds. The van der Waals surface area contributed by atoms with Gasteiger partial charge in [-0.1, -0.05) is 40.5 Å². The molecule has 0 spiro atoms. The SMILES string of the molecule is CC(C)CC(CC(C)C)(NC1CCCC1)C(=O)O. The maximum atomic E-state index is 11.8. The molecule has 0 radical (unpaired) electrons. The predicted octanol–water partition coefficient (Wildman–Crippen LogP) is 3.43. The van der Waals surface area contributed by atoms with E-state index >= 15 is 0 Å². The summed E-state index contributed by atoms with van der Waals surface area (Å²) in [6, 6.07) is 0.401. The Bertz CT molecular complexity index is 258.